The van der Waals surface area contributed by atoms with E-state index in [1.807, 2.05) is 77.7 Å². The maximum absolute atomic E-state index is 13.2. The summed E-state index contributed by atoms with van der Waals surface area (Å²) in [5, 5.41) is 0. The average molecular weight is 372 g/mol. The van der Waals surface area contributed by atoms with Crippen LogP contribution in [0.2, 0.25) is 0 Å². The first-order chi connectivity index (χ1) is 13.8. The molecule has 1 aliphatic heterocycles. The van der Waals surface area contributed by atoms with Crippen molar-refractivity contribution in [1.29, 1.82) is 0 Å². The number of ether oxygens (including phenoxy) is 1. The molecule has 1 unspecified atom stereocenters. The van der Waals surface area contributed by atoms with Crippen molar-refractivity contribution in [3.63, 3.8) is 0 Å². The Hall–Kier alpha value is -2.98. The molecule has 0 aliphatic carbocycles. The molecule has 4 heteroatoms. The van der Waals surface area contributed by atoms with Crippen molar-refractivity contribution in [2.75, 3.05) is 13.2 Å². The summed E-state index contributed by atoms with van der Waals surface area (Å²) in [4.78, 5) is 19.5. The van der Waals surface area contributed by atoms with Crippen LogP contribution >= 0.6 is 0 Å². The monoisotopic (exact) mass is 372 g/mol. The van der Waals surface area contributed by atoms with E-state index in [1.165, 1.54) is 0 Å². The molecule has 1 amide bonds. The highest BCUT2D eigenvalue weighted by molar-refractivity contribution is 6.00. The summed E-state index contributed by atoms with van der Waals surface area (Å²) in [6, 6.07) is 23.7. The molecule has 0 saturated carbocycles. The second kappa shape index (κ2) is 7.95. The van der Waals surface area contributed by atoms with Crippen LogP contribution in [-0.2, 0) is 16.9 Å². The van der Waals surface area contributed by atoms with Gasteiger partial charge in [0, 0.05) is 41.5 Å². The largest absolute Gasteiger partial charge is 0.347 e. The highest BCUT2D eigenvalue weighted by atomic mass is 16.5. The Labute approximate surface area is 165 Å². The molecular weight excluding hydrogens is 348 g/mol. The van der Waals surface area contributed by atoms with E-state index in [2.05, 4.69) is 11.9 Å². The second-order valence-electron chi connectivity index (χ2n) is 6.93. The van der Waals surface area contributed by atoms with Crippen LogP contribution in [-0.4, -0.2) is 28.9 Å². The number of nitrogens with zero attached hydrogens (tertiary/aromatic N) is 2. The molecule has 0 saturated heterocycles. The third kappa shape index (κ3) is 3.10. The molecular formula is C24H24N2O2. The summed E-state index contributed by atoms with van der Waals surface area (Å²) in [5.74, 6) is 0.0270. The number of amides is 1. The number of hydrogen-bond donors (Lipinski definition) is 0. The maximum atomic E-state index is 13.2. The van der Waals surface area contributed by atoms with Crippen molar-refractivity contribution in [3.8, 4) is 0 Å². The van der Waals surface area contributed by atoms with Crippen LogP contribution in [0.15, 0.2) is 79.0 Å². The summed E-state index contributed by atoms with van der Waals surface area (Å²) in [6.45, 7) is 3.18. The van der Waals surface area contributed by atoms with Crippen LogP contribution in [0.25, 0.3) is 0 Å². The molecule has 0 N–H and O–H groups in total. The summed E-state index contributed by atoms with van der Waals surface area (Å²) in [5.41, 5.74) is 2.69. The molecule has 2 heterocycles. The average Bonchev–Trinajstić information content (AvgIpc) is 2.99. The van der Waals surface area contributed by atoms with Crippen LogP contribution in [0.5, 0.6) is 0 Å². The van der Waals surface area contributed by atoms with Gasteiger partial charge >= 0.3 is 0 Å². The topological polar surface area (TPSA) is 42.4 Å². The zero-order valence-corrected chi connectivity index (χ0v) is 16.0. The number of carbonyl (C=O) groups excluding carboxylic acids is 1. The summed E-state index contributed by atoms with van der Waals surface area (Å²) in [7, 11) is 0. The molecule has 28 heavy (non-hydrogen) atoms. The summed E-state index contributed by atoms with van der Waals surface area (Å²) in [6.07, 6.45) is 3.34. The van der Waals surface area contributed by atoms with Crippen LogP contribution in [0.4, 0.5) is 0 Å². The molecule has 1 atom stereocenters. The van der Waals surface area contributed by atoms with Gasteiger partial charge in [-0.15, -0.1) is 0 Å². The third-order valence-electron chi connectivity index (χ3n) is 5.16. The predicted octanol–water partition coefficient (Wildman–Crippen LogP) is 4.41. The number of fused-ring (bicyclic) bond motifs is 1. The van der Waals surface area contributed by atoms with Gasteiger partial charge in [-0.3, -0.25) is 9.78 Å². The van der Waals surface area contributed by atoms with Crippen molar-refractivity contribution in [3.05, 3.63) is 101 Å². The van der Waals surface area contributed by atoms with Gasteiger partial charge in [-0.25, -0.2) is 0 Å². The minimum absolute atomic E-state index is 0.0270. The second-order valence-corrected chi connectivity index (χ2v) is 6.93. The van der Waals surface area contributed by atoms with E-state index in [9.17, 15) is 4.79 Å². The number of hydrogen-bond acceptors (Lipinski definition) is 3. The Morgan fingerprint density at radius 2 is 1.71 bits per heavy atom. The molecule has 0 fully saturated rings. The lowest BCUT2D eigenvalue weighted by molar-refractivity contribution is -0.107. The van der Waals surface area contributed by atoms with Crippen molar-refractivity contribution in [2.24, 2.45) is 0 Å². The smallest absolute Gasteiger partial charge is 0.257 e. The first kappa shape index (κ1) is 18.4. The number of benzene rings is 2. The summed E-state index contributed by atoms with van der Waals surface area (Å²) >= 11 is 0. The highest BCUT2D eigenvalue weighted by Gasteiger charge is 2.51. The van der Waals surface area contributed by atoms with Gasteiger partial charge in [-0.2, -0.15) is 0 Å². The first-order valence-electron chi connectivity index (χ1n) is 9.78. The number of pyridine rings is 1. The van der Waals surface area contributed by atoms with Gasteiger partial charge in [-0.1, -0.05) is 61.5 Å². The van der Waals surface area contributed by atoms with Gasteiger partial charge in [0.2, 0.25) is 0 Å². The van der Waals surface area contributed by atoms with Crippen LogP contribution in [0.3, 0.4) is 0 Å². The molecule has 0 bridgehead atoms. The van der Waals surface area contributed by atoms with Gasteiger partial charge in [0.1, 0.15) is 0 Å². The van der Waals surface area contributed by atoms with Crippen molar-refractivity contribution in [2.45, 2.75) is 25.5 Å². The fourth-order valence-electron chi connectivity index (χ4n) is 3.95. The third-order valence-corrected chi connectivity index (χ3v) is 5.16. The lowest BCUT2D eigenvalue weighted by Gasteiger charge is -2.39. The van der Waals surface area contributed by atoms with Crippen LogP contribution in [0, 0.1) is 0 Å². The van der Waals surface area contributed by atoms with Gasteiger partial charge in [0.25, 0.3) is 5.91 Å². The lowest BCUT2D eigenvalue weighted by atomic mass is 9.93. The molecule has 142 valence electrons. The van der Waals surface area contributed by atoms with Crippen LogP contribution < -0.4 is 0 Å². The van der Waals surface area contributed by atoms with Gasteiger partial charge < -0.3 is 9.64 Å². The maximum Gasteiger partial charge on any atom is 0.257 e. The van der Waals surface area contributed by atoms with E-state index in [1.54, 1.807) is 6.20 Å². The Morgan fingerprint density at radius 1 is 0.964 bits per heavy atom. The fraction of sp³-hybridized carbons (Fsp3) is 0.250. The lowest BCUT2D eigenvalue weighted by Crippen LogP contribution is -2.47. The molecule has 1 aliphatic rings. The zero-order valence-electron chi connectivity index (χ0n) is 16.0. The zero-order chi connectivity index (χ0) is 19.4. The van der Waals surface area contributed by atoms with Crippen molar-refractivity contribution in [1.82, 2.24) is 9.88 Å². The van der Waals surface area contributed by atoms with Gasteiger partial charge in [0.05, 0.1) is 6.61 Å². The Bertz CT molecular complexity index is 943. The molecule has 0 spiro atoms. The number of rotatable bonds is 7. The minimum atomic E-state index is -0.903. The van der Waals surface area contributed by atoms with E-state index in [0.29, 0.717) is 19.6 Å². The Balaban J connectivity index is 1.77. The Kier molecular flexibility index (Phi) is 5.22. The van der Waals surface area contributed by atoms with E-state index in [4.69, 9.17) is 4.74 Å². The molecule has 4 nitrogen and oxygen atoms in total. The standard InChI is InChI=1S/C24H24N2O2/c1-2-17-26-23(27)21-13-6-7-14-22(21)24(26,19-10-4-3-5-11-19)28-18-15-20-12-8-9-16-25-20/h3-14,16H,2,15,17-18H2,1H3. The molecule has 3 aromatic rings. The predicted molar refractivity (Wildman–Crippen MR) is 109 cm³/mol. The highest BCUT2D eigenvalue weighted by Crippen LogP contribution is 2.45. The molecule has 1 aromatic heterocycles. The fourth-order valence-corrected chi connectivity index (χ4v) is 3.95. The van der Waals surface area contributed by atoms with E-state index < -0.39 is 5.72 Å². The van der Waals surface area contributed by atoms with Gasteiger partial charge in [0.15, 0.2) is 5.72 Å². The van der Waals surface area contributed by atoms with E-state index in [-0.39, 0.29) is 5.91 Å². The van der Waals surface area contributed by atoms with Crippen LogP contribution in [0.1, 0.15) is 40.5 Å². The van der Waals surface area contributed by atoms with Gasteiger partial charge in [-0.05, 0) is 24.6 Å². The Morgan fingerprint density at radius 3 is 2.46 bits per heavy atom. The molecule has 2 aromatic carbocycles. The van der Waals surface area contributed by atoms with E-state index in [0.717, 1.165) is 28.8 Å². The van der Waals surface area contributed by atoms with Crippen molar-refractivity contribution >= 4 is 5.91 Å². The number of aromatic nitrogens is 1. The molecule has 0 radical (unpaired) electrons. The first-order valence-corrected chi connectivity index (χ1v) is 9.78. The number of carbonyl (C=O) groups is 1. The van der Waals surface area contributed by atoms with E-state index >= 15 is 0 Å². The minimum Gasteiger partial charge on any atom is -0.347 e. The SMILES string of the molecule is CCCN1C(=O)c2ccccc2C1(OCCc1ccccn1)c1ccccc1. The normalized spacial score (nSPS) is 18.3. The summed E-state index contributed by atoms with van der Waals surface area (Å²) < 4.78 is 6.61. The molecule has 4 rings (SSSR count). The van der Waals surface area contributed by atoms with Crippen molar-refractivity contribution < 1.29 is 9.53 Å². The quantitative estimate of drug-likeness (QED) is 0.617.